The van der Waals surface area contributed by atoms with Crippen molar-refractivity contribution in [1.82, 2.24) is 10.2 Å². The lowest BCUT2D eigenvalue weighted by Gasteiger charge is -2.31. The van der Waals surface area contributed by atoms with E-state index in [0.29, 0.717) is 19.7 Å². The molecule has 0 radical (unpaired) electrons. The molecule has 0 bridgehead atoms. The number of nitrogens with zero attached hydrogens (tertiary/aromatic N) is 1. The number of hydrogen-bond acceptors (Lipinski definition) is 4. The van der Waals surface area contributed by atoms with E-state index in [4.69, 9.17) is 4.74 Å². The first-order chi connectivity index (χ1) is 12.0. The molecule has 138 valence electrons. The molecule has 0 saturated carbocycles. The molecule has 0 aromatic heterocycles. The van der Waals surface area contributed by atoms with Crippen LogP contribution in [0.15, 0.2) is 18.2 Å². The van der Waals surface area contributed by atoms with Crippen LogP contribution in [0.3, 0.4) is 0 Å². The van der Waals surface area contributed by atoms with Crippen molar-refractivity contribution in [2.24, 2.45) is 0 Å². The maximum atomic E-state index is 12.3. The second-order valence-electron chi connectivity index (χ2n) is 6.35. The van der Waals surface area contributed by atoms with Crippen LogP contribution in [0.2, 0.25) is 0 Å². The molecular weight excluding hydrogens is 318 g/mol. The number of anilines is 1. The van der Waals surface area contributed by atoms with Gasteiger partial charge in [0.2, 0.25) is 5.91 Å². The summed E-state index contributed by atoms with van der Waals surface area (Å²) in [7, 11) is 0. The number of para-hydroxylation sites is 1. The zero-order valence-corrected chi connectivity index (χ0v) is 15.4. The Balaban J connectivity index is 1.77. The molecule has 2 amide bonds. The molecule has 2 N–H and O–H groups in total. The van der Waals surface area contributed by atoms with Crippen molar-refractivity contribution in [3.63, 3.8) is 0 Å². The standard InChI is InChI=1S/C19H29N3O3/c1-4-15-8-6-7-14(3)18(15)21-17(23)13-20-16-9-11-22(12-10-16)19(24)25-5-2/h6-8,16,20H,4-5,9-13H2,1-3H3,(H,21,23). The average molecular weight is 347 g/mol. The first-order valence-electron chi connectivity index (χ1n) is 9.08. The van der Waals surface area contributed by atoms with Crippen LogP contribution < -0.4 is 10.6 Å². The van der Waals surface area contributed by atoms with E-state index < -0.39 is 0 Å². The second kappa shape index (κ2) is 9.42. The van der Waals surface area contributed by atoms with Crippen LogP contribution in [-0.4, -0.2) is 49.2 Å². The largest absolute Gasteiger partial charge is 0.450 e. The highest BCUT2D eigenvalue weighted by molar-refractivity contribution is 5.93. The molecule has 6 nitrogen and oxygen atoms in total. The third kappa shape index (κ3) is 5.46. The predicted molar refractivity (Wildman–Crippen MR) is 98.8 cm³/mol. The van der Waals surface area contributed by atoms with Gasteiger partial charge in [0.1, 0.15) is 0 Å². The fourth-order valence-corrected chi connectivity index (χ4v) is 3.10. The second-order valence-corrected chi connectivity index (χ2v) is 6.35. The number of rotatable bonds is 6. The lowest BCUT2D eigenvalue weighted by molar-refractivity contribution is -0.115. The third-order valence-corrected chi connectivity index (χ3v) is 4.58. The summed E-state index contributed by atoms with van der Waals surface area (Å²) >= 11 is 0. The van der Waals surface area contributed by atoms with Gasteiger partial charge in [-0.25, -0.2) is 4.79 Å². The molecule has 1 aromatic carbocycles. The smallest absolute Gasteiger partial charge is 0.409 e. The first kappa shape index (κ1) is 19.2. The summed E-state index contributed by atoms with van der Waals surface area (Å²) in [6.45, 7) is 7.90. The van der Waals surface area contributed by atoms with E-state index >= 15 is 0 Å². The molecule has 1 aliphatic rings. The van der Waals surface area contributed by atoms with Crippen molar-refractivity contribution in [2.45, 2.75) is 46.1 Å². The molecule has 6 heteroatoms. The fraction of sp³-hybridized carbons (Fsp3) is 0.579. The Bertz CT molecular complexity index is 596. The van der Waals surface area contributed by atoms with Crippen molar-refractivity contribution < 1.29 is 14.3 Å². The molecule has 25 heavy (non-hydrogen) atoms. The van der Waals surface area contributed by atoms with E-state index in [9.17, 15) is 9.59 Å². The van der Waals surface area contributed by atoms with Gasteiger partial charge in [-0.1, -0.05) is 25.1 Å². The van der Waals surface area contributed by atoms with Gasteiger partial charge >= 0.3 is 6.09 Å². The van der Waals surface area contributed by atoms with Gasteiger partial charge in [0.25, 0.3) is 0 Å². The molecule has 2 rings (SSSR count). The average Bonchev–Trinajstić information content (AvgIpc) is 2.62. The minimum atomic E-state index is -0.245. The Morgan fingerprint density at radius 1 is 1.24 bits per heavy atom. The molecule has 1 fully saturated rings. The van der Waals surface area contributed by atoms with E-state index in [2.05, 4.69) is 17.6 Å². The van der Waals surface area contributed by atoms with Gasteiger partial charge in [0.15, 0.2) is 0 Å². The van der Waals surface area contributed by atoms with Gasteiger partial charge in [0.05, 0.1) is 13.2 Å². The van der Waals surface area contributed by atoms with Gasteiger partial charge in [-0.3, -0.25) is 4.79 Å². The van der Waals surface area contributed by atoms with Gasteiger partial charge in [0, 0.05) is 24.8 Å². The highest BCUT2D eigenvalue weighted by Gasteiger charge is 2.23. The zero-order chi connectivity index (χ0) is 18.2. The number of amides is 2. The molecule has 0 atom stereocenters. The summed E-state index contributed by atoms with van der Waals surface area (Å²) in [6.07, 6.45) is 2.30. The van der Waals surface area contributed by atoms with Crippen LogP contribution >= 0.6 is 0 Å². The van der Waals surface area contributed by atoms with Gasteiger partial charge < -0.3 is 20.3 Å². The molecular formula is C19H29N3O3. The third-order valence-electron chi connectivity index (χ3n) is 4.58. The van der Waals surface area contributed by atoms with Crippen LogP contribution in [0, 0.1) is 6.92 Å². The number of ether oxygens (including phenoxy) is 1. The minimum Gasteiger partial charge on any atom is -0.450 e. The molecule has 0 unspecified atom stereocenters. The molecule has 0 aliphatic carbocycles. The number of hydrogen-bond donors (Lipinski definition) is 2. The summed E-state index contributed by atoms with van der Waals surface area (Å²) in [4.78, 5) is 25.7. The number of piperidine rings is 1. The highest BCUT2D eigenvalue weighted by Crippen LogP contribution is 2.21. The number of benzene rings is 1. The monoisotopic (exact) mass is 347 g/mol. The molecule has 1 saturated heterocycles. The normalized spacial score (nSPS) is 15.1. The number of aryl methyl sites for hydroxylation is 2. The maximum absolute atomic E-state index is 12.3. The van der Waals surface area contributed by atoms with Crippen molar-refractivity contribution >= 4 is 17.7 Å². The van der Waals surface area contributed by atoms with Gasteiger partial charge in [-0.05, 0) is 44.2 Å². The maximum Gasteiger partial charge on any atom is 0.409 e. The van der Waals surface area contributed by atoms with E-state index in [-0.39, 0.29) is 24.6 Å². The van der Waals surface area contributed by atoms with Gasteiger partial charge in [-0.15, -0.1) is 0 Å². The topological polar surface area (TPSA) is 70.7 Å². The Labute approximate surface area is 149 Å². The van der Waals surface area contributed by atoms with Crippen LogP contribution in [-0.2, 0) is 16.0 Å². The van der Waals surface area contributed by atoms with Crippen molar-refractivity contribution in [1.29, 1.82) is 0 Å². The Morgan fingerprint density at radius 3 is 2.60 bits per heavy atom. The fourth-order valence-electron chi connectivity index (χ4n) is 3.10. The van der Waals surface area contributed by atoms with E-state index in [1.54, 1.807) is 4.90 Å². The van der Waals surface area contributed by atoms with E-state index in [1.807, 2.05) is 32.0 Å². The summed E-state index contributed by atoms with van der Waals surface area (Å²) in [5, 5.41) is 6.33. The number of likely N-dealkylation sites (tertiary alicyclic amines) is 1. The number of carbonyl (C=O) groups excluding carboxylic acids is 2. The highest BCUT2D eigenvalue weighted by atomic mass is 16.6. The lowest BCUT2D eigenvalue weighted by Crippen LogP contribution is -2.46. The van der Waals surface area contributed by atoms with Crippen LogP contribution in [0.25, 0.3) is 0 Å². The SMILES string of the molecule is CCOC(=O)N1CCC(NCC(=O)Nc2c(C)cccc2CC)CC1. The van der Waals surface area contributed by atoms with Crippen LogP contribution in [0.5, 0.6) is 0 Å². The van der Waals surface area contributed by atoms with Crippen LogP contribution in [0.4, 0.5) is 10.5 Å². The number of carbonyl (C=O) groups is 2. The summed E-state index contributed by atoms with van der Waals surface area (Å²) in [5.41, 5.74) is 3.15. The molecule has 1 aromatic rings. The summed E-state index contributed by atoms with van der Waals surface area (Å²) in [6, 6.07) is 6.31. The zero-order valence-electron chi connectivity index (χ0n) is 15.4. The van der Waals surface area contributed by atoms with Gasteiger partial charge in [-0.2, -0.15) is 0 Å². The minimum absolute atomic E-state index is 0.0307. The molecule has 1 heterocycles. The Morgan fingerprint density at radius 2 is 1.96 bits per heavy atom. The van der Waals surface area contributed by atoms with Crippen LogP contribution in [0.1, 0.15) is 37.8 Å². The Hall–Kier alpha value is -2.08. The van der Waals surface area contributed by atoms with Crippen molar-refractivity contribution in [3.05, 3.63) is 29.3 Å². The number of nitrogens with one attached hydrogen (secondary N) is 2. The van der Waals surface area contributed by atoms with E-state index in [0.717, 1.165) is 36.1 Å². The predicted octanol–water partition coefficient (Wildman–Crippen LogP) is 2.71. The van der Waals surface area contributed by atoms with Crippen molar-refractivity contribution in [2.75, 3.05) is 31.6 Å². The van der Waals surface area contributed by atoms with E-state index in [1.165, 1.54) is 0 Å². The van der Waals surface area contributed by atoms with Crippen molar-refractivity contribution in [3.8, 4) is 0 Å². The quantitative estimate of drug-likeness (QED) is 0.830. The summed E-state index contributed by atoms with van der Waals surface area (Å²) < 4.78 is 5.02. The molecule has 1 aliphatic heterocycles. The Kier molecular flexibility index (Phi) is 7.25. The lowest BCUT2D eigenvalue weighted by atomic mass is 10.1. The summed E-state index contributed by atoms with van der Waals surface area (Å²) in [5.74, 6) is -0.0307. The molecule has 0 spiro atoms. The first-order valence-corrected chi connectivity index (χ1v) is 9.08.